The van der Waals surface area contributed by atoms with Crippen molar-refractivity contribution < 1.29 is 27.0 Å². The Morgan fingerprint density at radius 1 is 1.13 bits per heavy atom. The van der Waals surface area contributed by atoms with E-state index in [4.69, 9.17) is 14.2 Å². The lowest BCUT2D eigenvalue weighted by atomic mass is 10.1. The van der Waals surface area contributed by atoms with Crippen molar-refractivity contribution in [3.05, 3.63) is 76.5 Å². The molecule has 1 N–H and O–H groups in total. The maximum Gasteiger partial charge on any atom is 0.241 e. The molecular weight excluding hydrogens is 477 g/mol. The minimum absolute atomic E-state index is 0.0269. The van der Waals surface area contributed by atoms with E-state index >= 15 is 0 Å². The average Bonchev–Trinajstić information content (AvgIpc) is 2.73. The molecule has 30 heavy (non-hydrogen) atoms. The van der Waals surface area contributed by atoms with Gasteiger partial charge in [-0.15, -0.1) is 0 Å². The largest absolute Gasteiger partial charge is 0.382 e. The first-order valence-corrected chi connectivity index (χ1v) is 11.5. The highest BCUT2D eigenvalue weighted by atomic mass is 79.9. The third-order valence-electron chi connectivity index (χ3n) is 4.05. The fourth-order valence-electron chi connectivity index (χ4n) is 2.49. The van der Waals surface area contributed by atoms with Gasteiger partial charge in [0.2, 0.25) is 10.0 Å². The number of ether oxygens (including phenoxy) is 3. The Hall–Kier alpha value is -1.62. The van der Waals surface area contributed by atoms with Gasteiger partial charge in [-0.3, -0.25) is 0 Å². The molecule has 2 atom stereocenters. The highest BCUT2D eigenvalue weighted by Crippen LogP contribution is 2.29. The van der Waals surface area contributed by atoms with Crippen LogP contribution in [-0.4, -0.2) is 41.6 Å². The summed E-state index contributed by atoms with van der Waals surface area (Å²) < 4.78 is 57.9. The summed E-state index contributed by atoms with van der Waals surface area (Å²) >= 11 is 3.49. The monoisotopic (exact) mass is 501 g/mol. The summed E-state index contributed by atoms with van der Waals surface area (Å²) in [5.74, 6) is -0.506. The van der Waals surface area contributed by atoms with Gasteiger partial charge in [-0.2, -0.15) is 4.72 Å². The molecule has 0 bridgehead atoms. The third-order valence-corrected chi connectivity index (χ3v) is 6.21. The molecule has 9 heteroatoms. The molecule has 0 fully saturated rings. The van der Waals surface area contributed by atoms with E-state index in [2.05, 4.69) is 20.7 Å². The number of nitrogens with one attached hydrogen (secondary N) is 1. The van der Waals surface area contributed by atoms with Crippen molar-refractivity contribution in [2.24, 2.45) is 0 Å². The molecule has 0 aliphatic carbocycles. The van der Waals surface area contributed by atoms with Crippen LogP contribution in [-0.2, 0) is 24.2 Å². The van der Waals surface area contributed by atoms with Crippen LogP contribution in [0, 0.1) is 5.82 Å². The molecule has 6 nitrogen and oxygen atoms in total. The molecule has 2 aromatic rings. The molecule has 164 valence electrons. The van der Waals surface area contributed by atoms with Gasteiger partial charge in [0.15, 0.2) is 0 Å². The predicted molar refractivity (Wildman–Crippen MR) is 116 cm³/mol. The zero-order chi connectivity index (χ0) is 22.0. The Kier molecular flexibility index (Phi) is 10.1. The first-order valence-electron chi connectivity index (χ1n) is 9.22. The highest BCUT2D eigenvalue weighted by molar-refractivity contribution is 9.11. The fraction of sp³-hybridized carbons (Fsp3) is 0.333. The fourth-order valence-corrected chi connectivity index (χ4v) is 4.60. The predicted octanol–water partition coefficient (Wildman–Crippen LogP) is 4.15. The van der Waals surface area contributed by atoms with Crippen LogP contribution in [0.15, 0.2) is 70.1 Å². The third kappa shape index (κ3) is 7.90. The van der Waals surface area contributed by atoms with Crippen molar-refractivity contribution in [3.8, 4) is 0 Å². The van der Waals surface area contributed by atoms with E-state index < -0.39 is 21.9 Å². The van der Waals surface area contributed by atoms with Gasteiger partial charge in [-0.1, -0.05) is 46.3 Å². The molecule has 0 amide bonds. The van der Waals surface area contributed by atoms with Crippen molar-refractivity contribution >= 4 is 26.0 Å². The second kappa shape index (κ2) is 12.3. The molecule has 0 radical (unpaired) electrons. The zero-order valence-corrected chi connectivity index (χ0v) is 19.2. The maximum atomic E-state index is 13.2. The lowest BCUT2D eigenvalue weighted by Gasteiger charge is -2.20. The molecule has 0 heterocycles. The van der Waals surface area contributed by atoms with Crippen molar-refractivity contribution in [1.29, 1.82) is 0 Å². The van der Waals surface area contributed by atoms with E-state index in [1.807, 2.05) is 37.3 Å². The molecule has 2 aromatic carbocycles. The van der Waals surface area contributed by atoms with E-state index in [-0.39, 0.29) is 17.8 Å². The van der Waals surface area contributed by atoms with Crippen molar-refractivity contribution in [1.82, 2.24) is 4.72 Å². The second-order valence-electron chi connectivity index (χ2n) is 6.36. The summed E-state index contributed by atoms with van der Waals surface area (Å²) in [7, 11) is -2.31. The van der Waals surface area contributed by atoms with Crippen LogP contribution < -0.4 is 4.72 Å². The molecule has 0 unspecified atom stereocenters. The Balaban J connectivity index is 2.18. The Morgan fingerprint density at radius 2 is 1.80 bits per heavy atom. The molecule has 0 aromatic heterocycles. The molecule has 0 saturated carbocycles. The van der Waals surface area contributed by atoms with E-state index in [0.29, 0.717) is 17.7 Å². The quantitative estimate of drug-likeness (QED) is 0.349. The standard InChI is InChI=1S/C21H25BrFNO5S/c1-16(29-15-28-13-12-27-2)14-20(22)21(17-6-4-3-5-7-17)24-30(25,26)19-10-8-18(23)9-11-19/h3-11,14,16,21,24H,12-13,15H2,1-2H3/b20-14+/t16-,21+/m0/s1. The normalized spacial score (nSPS) is 14.5. The molecule has 2 rings (SSSR count). The molecule has 0 aliphatic heterocycles. The lowest BCUT2D eigenvalue weighted by molar-refractivity contribution is -0.0804. The first kappa shape index (κ1) is 24.6. The Bertz CT molecular complexity index is 907. The van der Waals surface area contributed by atoms with Gasteiger partial charge in [0.1, 0.15) is 12.6 Å². The lowest BCUT2D eigenvalue weighted by Crippen LogP contribution is -2.29. The highest BCUT2D eigenvalue weighted by Gasteiger charge is 2.24. The van der Waals surface area contributed by atoms with Gasteiger partial charge in [0.25, 0.3) is 0 Å². The summed E-state index contributed by atoms with van der Waals surface area (Å²) in [6.07, 6.45) is 1.41. The van der Waals surface area contributed by atoms with Gasteiger partial charge in [-0.05, 0) is 42.8 Å². The van der Waals surface area contributed by atoms with Crippen molar-refractivity contribution in [2.75, 3.05) is 27.1 Å². The molecule has 0 saturated heterocycles. The van der Waals surface area contributed by atoms with Crippen LogP contribution >= 0.6 is 15.9 Å². The molecule has 0 aliphatic rings. The van der Waals surface area contributed by atoms with Crippen molar-refractivity contribution in [3.63, 3.8) is 0 Å². The smallest absolute Gasteiger partial charge is 0.241 e. The summed E-state index contributed by atoms with van der Waals surface area (Å²) in [5, 5.41) is 0. The van der Waals surface area contributed by atoms with Gasteiger partial charge < -0.3 is 14.2 Å². The number of methoxy groups -OCH3 is 1. The second-order valence-corrected chi connectivity index (χ2v) is 8.99. The van der Waals surface area contributed by atoms with E-state index in [9.17, 15) is 12.8 Å². The number of hydrogen-bond donors (Lipinski definition) is 1. The number of halogens is 2. The van der Waals surface area contributed by atoms with Gasteiger partial charge in [0, 0.05) is 11.6 Å². The molecule has 0 spiro atoms. The van der Waals surface area contributed by atoms with Gasteiger partial charge in [0.05, 0.1) is 30.3 Å². The minimum atomic E-state index is -3.90. The number of benzene rings is 2. The van der Waals surface area contributed by atoms with Crippen LogP contribution in [0.2, 0.25) is 0 Å². The topological polar surface area (TPSA) is 73.9 Å². The molecular formula is C21H25BrFNO5S. The van der Waals surface area contributed by atoms with Gasteiger partial charge >= 0.3 is 0 Å². The van der Waals surface area contributed by atoms with Crippen LogP contribution in [0.5, 0.6) is 0 Å². The van der Waals surface area contributed by atoms with Gasteiger partial charge in [-0.25, -0.2) is 12.8 Å². The summed E-state index contributed by atoms with van der Waals surface area (Å²) in [4.78, 5) is -0.0269. The van der Waals surface area contributed by atoms with Crippen molar-refractivity contribution in [2.45, 2.75) is 24.0 Å². The number of sulfonamides is 1. The summed E-state index contributed by atoms with van der Waals surface area (Å²) in [6.45, 7) is 2.78. The van der Waals surface area contributed by atoms with E-state index in [1.165, 1.54) is 12.1 Å². The summed E-state index contributed by atoms with van der Waals surface area (Å²) in [5.41, 5.74) is 0.731. The first-order chi connectivity index (χ1) is 14.3. The van der Waals surface area contributed by atoms with Crippen LogP contribution in [0.25, 0.3) is 0 Å². The van der Waals surface area contributed by atoms with E-state index in [1.54, 1.807) is 13.2 Å². The minimum Gasteiger partial charge on any atom is -0.382 e. The van der Waals surface area contributed by atoms with Crippen LogP contribution in [0.3, 0.4) is 0 Å². The number of rotatable bonds is 12. The zero-order valence-electron chi connectivity index (χ0n) is 16.8. The maximum absolute atomic E-state index is 13.2. The van der Waals surface area contributed by atoms with Crippen LogP contribution in [0.4, 0.5) is 4.39 Å². The van der Waals surface area contributed by atoms with Crippen LogP contribution in [0.1, 0.15) is 18.5 Å². The Labute approximate surface area is 185 Å². The number of hydrogen-bond acceptors (Lipinski definition) is 5. The average molecular weight is 502 g/mol. The Morgan fingerprint density at radius 3 is 2.43 bits per heavy atom. The SMILES string of the molecule is COCCOCO[C@@H](C)/C=C(/Br)[C@H](NS(=O)(=O)c1ccc(F)cc1)c1ccccc1. The van der Waals surface area contributed by atoms with E-state index in [0.717, 1.165) is 17.7 Å². The summed E-state index contributed by atoms with van der Waals surface area (Å²) in [6, 6.07) is 13.1.